The van der Waals surface area contributed by atoms with E-state index in [1.54, 1.807) is 25.1 Å². The van der Waals surface area contributed by atoms with E-state index in [1.165, 1.54) is 0 Å². The molecule has 0 saturated carbocycles. The average molecular weight is 294 g/mol. The lowest BCUT2D eigenvalue weighted by atomic mass is 10.1. The van der Waals surface area contributed by atoms with Crippen LogP contribution in [-0.4, -0.2) is 34.7 Å². The fourth-order valence-corrected chi connectivity index (χ4v) is 3.33. The first kappa shape index (κ1) is 14.7. The zero-order chi connectivity index (χ0) is 14.5. The summed E-state index contributed by atoms with van der Waals surface area (Å²) >= 11 is 1.83. The molecule has 0 spiro atoms. The zero-order valence-electron chi connectivity index (χ0n) is 11.3. The van der Waals surface area contributed by atoms with Gasteiger partial charge in [-0.15, -0.1) is 0 Å². The van der Waals surface area contributed by atoms with Gasteiger partial charge in [-0.25, -0.2) is 9.59 Å². The Hall–Kier alpha value is -1.69. The predicted molar refractivity (Wildman–Crippen MR) is 80.6 cm³/mol. The molecule has 0 aliphatic carbocycles. The third kappa shape index (κ3) is 3.66. The Balaban J connectivity index is 2.04. The van der Waals surface area contributed by atoms with E-state index in [4.69, 9.17) is 0 Å². The third-order valence-corrected chi connectivity index (χ3v) is 4.45. The fourth-order valence-electron chi connectivity index (χ4n) is 2.25. The smallest absolute Gasteiger partial charge is 0.338 e. The molecule has 1 heterocycles. The summed E-state index contributed by atoms with van der Waals surface area (Å²) in [6, 6.07) is 4.86. The summed E-state index contributed by atoms with van der Waals surface area (Å²) in [4.78, 5) is 23.2. The molecule has 1 aromatic rings. The minimum atomic E-state index is -1.04. The second kappa shape index (κ2) is 6.65. The Morgan fingerprint density at radius 2 is 2.20 bits per heavy atom. The van der Waals surface area contributed by atoms with E-state index in [2.05, 4.69) is 10.6 Å². The highest BCUT2D eigenvalue weighted by Crippen LogP contribution is 2.20. The lowest BCUT2D eigenvalue weighted by Crippen LogP contribution is -2.41. The van der Waals surface area contributed by atoms with Crippen LogP contribution in [0.4, 0.5) is 10.5 Å². The molecule has 1 atom stereocenters. The average Bonchev–Trinajstić information content (AvgIpc) is 2.39. The summed E-state index contributed by atoms with van der Waals surface area (Å²) in [6.45, 7) is 1.71. The topological polar surface area (TPSA) is 78.4 Å². The molecule has 3 N–H and O–H groups in total. The highest BCUT2D eigenvalue weighted by atomic mass is 32.2. The molecule has 5 nitrogen and oxygen atoms in total. The SMILES string of the molecule is Cc1cccc(NC(=O)NC2CCCSC2)c1C(=O)O. The molecule has 1 unspecified atom stereocenters. The second-order valence-electron chi connectivity index (χ2n) is 4.82. The Kier molecular flexibility index (Phi) is 4.89. The summed E-state index contributed by atoms with van der Waals surface area (Å²) in [5, 5.41) is 14.7. The number of aromatic carboxylic acids is 1. The molecule has 1 fully saturated rings. The number of carboxylic acids is 1. The number of urea groups is 1. The van der Waals surface area contributed by atoms with E-state index in [1.807, 2.05) is 11.8 Å². The Bertz CT molecular complexity index is 513. The number of carbonyl (C=O) groups is 2. The molecule has 108 valence electrons. The third-order valence-electron chi connectivity index (χ3n) is 3.23. The van der Waals surface area contributed by atoms with E-state index in [0.717, 1.165) is 24.3 Å². The molecule has 1 aliphatic heterocycles. The summed E-state index contributed by atoms with van der Waals surface area (Å²) < 4.78 is 0. The van der Waals surface area contributed by atoms with Crippen LogP contribution in [0.5, 0.6) is 0 Å². The molecule has 6 heteroatoms. The van der Waals surface area contributed by atoms with Gasteiger partial charge in [-0.1, -0.05) is 12.1 Å². The van der Waals surface area contributed by atoms with Crippen molar-refractivity contribution in [1.29, 1.82) is 0 Å². The van der Waals surface area contributed by atoms with Gasteiger partial charge in [0.05, 0.1) is 11.3 Å². The largest absolute Gasteiger partial charge is 0.478 e. The highest BCUT2D eigenvalue weighted by Gasteiger charge is 2.18. The number of nitrogens with one attached hydrogen (secondary N) is 2. The molecular formula is C14H18N2O3S. The van der Waals surface area contributed by atoms with Gasteiger partial charge >= 0.3 is 12.0 Å². The minimum Gasteiger partial charge on any atom is -0.478 e. The molecule has 1 aromatic carbocycles. The van der Waals surface area contributed by atoms with Crippen LogP contribution < -0.4 is 10.6 Å². The van der Waals surface area contributed by atoms with Crippen LogP contribution in [0.3, 0.4) is 0 Å². The maximum atomic E-state index is 11.9. The zero-order valence-corrected chi connectivity index (χ0v) is 12.1. The maximum Gasteiger partial charge on any atom is 0.338 e. The number of rotatable bonds is 3. The first-order valence-electron chi connectivity index (χ1n) is 6.56. The highest BCUT2D eigenvalue weighted by molar-refractivity contribution is 7.99. The molecular weight excluding hydrogens is 276 g/mol. The first-order chi connectivity index (χ1) is 9.58. The summed E-state index contributed by atoms with van der Waals surface area (Å²) in [5.41, 5.74) is 1.10. The fraction of sp³-hybridized carbons (Fsp3) is 0.429. The van der Waals surface area contributed by atoms with Gasteiger partial charge in [0.25, 0.3) is 0 Å². The van der Waals surface area contributed by atoms with Crippen LogP contribution >= 0.6 is 11.8 Å². The van der Waals surface area contributed by atoms with Crippen molar-refractivity contribution in [2.75, 3.05) is 16.8 Å². The Morgan fingerprint density at radius 3 is 2.85 bits per heavy atom. The summed E-state index contributed by atoms with van der Waals surface area (Å²) in [5.74, 6) is 1.01. The van der Waals surface area contributed by atoms with Crippen molar-refractivity contribution in [2.45, 2.75) is 25.8 Å². The van der Waals surface area contributed by atoms with Crippen molar-refractivity contribution in [3.05, 3.63) is 29.3 Å². The molecule has 0 radical (unpaired) electrons. The maximum absolute atomic E-state index is 11.9. The van der Waals surface area contributed by atoms with E-state index in [-0.39, 0.29) is 17.6 Å². The number of amides is 2. The lowest BCUT2D eigenvalue weighted by molar-refractivity contribution is 0.0697. The monoisotopic (exact) mass is 294 g/mol. The number of thioether (sulfide) groups is 1. The van der Waals surface area contributed by atoms with Crippen molar-refractivity contribution < 1.29 is 14.7 Å². The van der Waals surface area contributed by atoms with Gasteiger partial charge in [-0.2, -0.15) is 11.8 Å². The van der Waals surface area contributed by atoms with Gasteiger partial charge in [0.15, 0.2) is 0 Å². The van der Waals surface area contributed by atoms with Crippen LogP contribution in [0.15, 0.2) is 18.2 Å². The van der Waals surface area contributed by atoms with Crippen LogP contribution in [-0.2, 0) is 0 Å². The molecule has 20 heavy (non-hydrogen) atoms. The van der Waals surface area contributed by atoms with E-state index < -0.39 is 5.97 Å². The summed E-state index contributed by atoms with van der Waals surface area (Å²) in [6.07, 6.45) is 2.07. The quantitative estimate of drug-likeness (QED) is 0.801. The summed E-state index contributed by atoms with van der Waals surface area (Å²) in [7, 11) is 0. The number of hydrogen-bond donors (Lipinski definition) is 3. The number of carboxylic acid groups (broad SMARTS) is 1. The number of carbonyl (C=O) groups excluding carboxylic acids is 1. The second-order valence-corrected chi connectivity index (χ2v) is 5.96. The van der Waals surface area contributed by atoms with Gasteiger partial charge < -0.3 is 15.7 Å². The number of benzene rings is 1. The molecule has 2 rings (SSSR count). The molecule has 0 bridgehead atoms. The Labute approximate surface area is 122 Å². The lowest BCUT2D eigenvalue weighted by Gasteiger charge is -2.22. The van der Waals surface area contributed by atoms with Crippen molar-refractivity contribution in [3.8, 4) is 0 Å². The minimum absolute atomic E-state index is 0.140. The van der Waals surface area contributed by atoms with E-state index >= 15 is 0 Å². The molecule has 0 aromatic heterocycles. The predicted octanol–water partition coefficient (Wildman–Crippen LogP) is 2.71. The number of aryl methyl sites for hydroxylation is 1. The number of anilines is 1. The van der Waals surface area contributed by atoms with Crippen LogP contribution in [0.2, 0.25) is 0 Å². The van der Waals surface area contributed by atoms with Gasteiger partial charge in [0, 0.05) is 11.8 Å². The van der Waals surface area contributed by atoms with Crippen molar-refractivity contribution in [2.24, 2.45) is 0 Å². The van der Waals surface area contributed by atoms with Crippen LogP contribution in [0.25, 0.3) is 0 Å². The van der Waals surface area contributed by atoms with Gasteiger partial charge in [0.1, 0.15) is 0 Å². The molecule has 1 saturated heterocycles. The molecule has 2 amide bonds. The van der Waals surface area contributed by atoms with Crippen molar-refractivity contribution in [3.63, 3.8) is 0 Å². The normalized spacial score (nSPS) is 18.4. The van der Waals surface area contributed by atoms with Gasteiger partial charge in [0.2, 0.25) is 0 Å². The van der Waals surface area contributed by atoms with Crippen molar-refractivity contribution in [1.82, 2.24) is 5.32 Å². The number of hydrogen-bond acceptors (Lipinski definition) is 3. The standard InChI is InChI=1S/C14H18N2O3S/c1-9-4-2-6-11(12(9)13(17)18)16-14(19)15-10-5-3-7-20-8-10/h2,4,6,10H,3,5,7-8H2,1H3,(H,17,18)(H2,15,16,19). The van der Waals surface area contributed by atoms with E-state index in [9.17, 15) is 14.7 Å². The molecule has 1 aliphatic rings. The van der Waals surface area contributed by atoms with Crippen LogP contribution in [0, 0.1) is 6.92 Å². The van der Waals surface area contributed by atoms with E-state index in [0.29, 0.717) is 11.3 Å². The van der Waals surface area contributed by atoms with Gasteiger partial charge in [-0.3, -0.25) is 0 Å². The van der Waals surface area contributed by atoms with Crippen LogP contribution in [0.1, 0.15) is 28.8 Å². The Morgan fingerprint density at radius 1 is 1.40 bits per heavy atom. The first-order valence-corrected chi connectivity index (χ1v) is 7.71. The van der Waals surface area contributed by atoms with Gasteiger partial charge in [-0.05, 0) is 37.1 Å². The van der Waals surface area contributed by atoms with Crippen molar-refractivity contribution >= 4 is 29.4 Å².